The topological polar surface area (TPSA) is 62.5 Å². The molecule has 0 fully saturated rings. The molecule has 1 aromatic heterocycles. The molecule has 100 valence electrons. The Morgan fingerprint density at radius 2 is 2.26 bits per heavy atom. The zero-order valence-electron chi connectivity index (χ0n) is 10.0. The van der Waals surface area contributed by atoms with Gasteiger partial charge in [-0.05, 0) is 46.6 Å². The van der Waals surface area contributed by atoms with Crippen molar-refractivity contribution in [2.75, 3.05) is 5.32 Å². The van der Waals surface area contributed by atoms with Crippen molar-refractivity contribution in [2.24, 2.45) is 0 Å². The molecule has 0 amide bonds. The highest BCUT2D eigenvalue weighted by Crippen LogP contribution is 2.25. The molecule has 1 heterocycles. The van der Waals surface area contributed by atoms with Gasteiger partial charge in [-0.1, -0.05) is 0 Å². The van der Waals surface area contributed by atoms with Crippen LogP contribution in [0, 0.1) is 12.7 Å². The Hall–Kier alpha value is -1.82. The highest BCUT2D eigenvalue weighted by atomic mass is 79.9. The maximum Gasteiger partial charge on any atom is 0.372 e. The molecule has 0 radical (unpaired) electrons. The van der Waals surface area contributed by atoms with Gasteiger partial charge in [0.2, 0.25) is 5.76 Å². The van der Waals surface area contributed by atoms with E-state index in [-0.39, 0.29) is 18.1 Å². The maximum absolute atomic E-state index is 13.3. The van der Waals surface area contributed by atoms with E-state index in [4.69, 9.17) is 9.52 Å². The summed E-state index contributed by atoms with van der Waals surface area (Å²) in [4.78, 5) is 10.9. The smallest absolute Gasteiger partial charge is 0.372 e. The van der Waals surface area contributed by atoms with E-state index in [0.29, 0.717) is 10.0 Å². The fourth-order valence-corrected chi connectivity index (χ4v) is 2.03. The van der Waals surface area contributed by atoms with E-state index in [0.717, 1.165) is 11.3 Å². The fraction of sp³-hybridized carbons (Fsp3) is 0.154. The third kappa shape index (κ3) is 2.96. The van der Waals surface area contributed by atoms with E-state index >= 15 is 0 Å². The first-order chi connectivity index (χ1) is 8.99. The largest absolute Gasteiger partial charge is 0.475 e. The van der Waals surface area contributed by atoms with Crippen LogP contribution in [0.5, 0.6) is 0 Å². The van der Waals surface area contributed by atoms with Crippen molar-refractivity contribution < 1.29 is 18.7 Å². The monoisotopic (exact) mass is 327 g/mol. The minimum absolute atomic E-state index is 0.0914. The number of aryl methyl sites for hydroxylation is 1. The van der Waals surface area contributed by atoms with E-state index in [1.807, 2.05) is 0 Å². The molecule has 2 aromatic rings. The Labute approximate surface area is 117 Å². The maximum atomic E-state index is 13.3. The van der Waals surface area contributed by atoms with E-state index in [9.17, 15) is 9.18 Å². The first kappa shape index (κ1) is 13.6. The Bertz CT molecular complexity index is 624. The van der Waals surface area contributed by atoms with E-state index in [2.05, 4.69) is 21.2 Å². The van der Waals surface area contributed by atoms with Crippen LogP contribution in [-0.2, 0) is 6.54 Å². The molecule has 0 bridgehead atoms. The number of carboxylic acid groups (broad SMARTS) is 1. The van der Waals surface area contributed by atoms with E-state index < -0.39 is 5.97 Å². The SMILES string of the molecule is Cc1cc(F)c(Br)cc1NCc1ccoc1C(=O)O. The van der Waals surface area contributed by atoms with Crippen molar-refractivity contribution in [1.29, 1.82) is 0 Å². The minimum Gasteiger partial charge on any atom is -0.475 e. The predicted octanol–water partition coefficient (Wildman–Crippen LogP) is 3.80. The minimum atomic E-state index is -1.11. The number of nitrogens with one attached hydrogen (secondary N) is 1. The first-order valence-corrected chi connectivity index (χ1v) is 6.27. The van der Waals surface area contributed by atoms with Gasteiger partial charge in [-0.25, -0.2) is 9.18 Å². The van der Waals surface area contributed by atoms with Crippen LogP contribution in [0.4, 0.5) is 10.1 Å². The Morgan fingerprint density at radius 1 is 1.53 bits per heavy atom. The zero-order valence-corrected chi connectivity index (χ0v) is 11.6. The predicted molar refractivity (Wildman–Crippen MR) is 71.8 cm³/mol. The molecule has 6 heteroatoms. The highest BCUT2D eigenvalue weighted by molar-refractivity contribution is 9.10. The lowest BCUT2D eigenvalue weighted by atomic mass is 10.2. The number of carbonyl (C=O) groups is 1. The summed E-state index contributed by atoms with van der Waals surface area (Å²) in [5, 5.41) is 12.0. The second-order valence-electron chi connectivity index (χ2n) is 4.01. The summed E-state index contributed by atoms with van der Waals surface area (Å²) in [5.74, 6) is -1.54. The highest BCUT2D eigenvalue weighted by Gasteiger charge is 2.14. The number of rotatable bonds is 4. The summed E-state index contributed by atoms with van der Waals surface area (Å²) in [6.07, 6.45) is 1.33. The van der Waals surface area contributed by atoms with Gasteiger partial charge in [0.05, 0.1) is 10.7 Å². The van der Waals surface area contributed by atoms with Gasteiger partial charge >= 0.3 is 5.97 Å². The Kier molecular flexibility index (Phi) is 3.90. The second-order valence-corrected chi connectivity index (χ2v) is 4.87. The van der Waals surface area contributed by atoms with Crippen LogP contribution in [0.1, 0.15) is 21.7 Å². The Balaban J connectivity index is 2.17. The van der Waals surface area contributed by atoms with Crippen LogP contribution in [0.25, 0.3) is 0 Å². The van der Waals surface area contributed by atoms with Crippen molar-refractivity contribution in [3.05, 3.63) is 51.6 Å². The molecule has 0 saturated heterocycles. The number of furan rings is 1. The van der Waals surface area contributed by atoms with Gasteiger partial charge < -0.3 is 14.8 Å². The lowest BCUT2D eigenvalue weighted by Crippen LogP contribution is -2.05. The lowest BCUT2D eigenvalue weighted by Gasteiger charge is -2.10. The lowest BCUT2D eigenvalue weighted by molar-refractivity contribution is 0.0661. The molecular formula is C13H11BrFNO3. The summed E-state index contributed by atoms with van der Waals surface area (Å²) in [5.41, 5.74) is 2.00. The van der Waals surface area contributed by atoms with Crippen LogP contribution in [0.3, 0.4) is 0 Å². The van der Waals surface area contributed by atoms with Crippen molar-refractivity contribution >= 4 is 27.6 Å². The summed E-state index contributed by atoms with van der Waals surface area (Å²) >= 11 is 3.11. The molecule has 0 spiro atoms. The van der Waals surface area contributed by atoms with Gasteiger partial charge in [0.25, 0.3) is 0 Å². The molecule has 0 aliphatic carbocycles. The number of benzene rings is 1. The number of hydrogen-bond donors (Lipinski definition) is 2. The molecule has 4 nitrogen and oxygen atoms in total. The average molecular weight is 328 g/mol. The van der Waals surface area contributed by atoms with Crippen LogP contribution in [0.15, 0.2) is 33.4 Å². The number of carboxylic acids is 1. The van der Waals surface area contributed by atoms with Crippen molar-refractivity contribution in [2.45, 2.75) is 13.5 Å². The molecule has 2 rings (SSSR count). The van der Waals surface area contributed by atoms with Crippen molar-refractivity contribution in [1.82, 2.24) is 0 Å². The molecule has 0 aliphatic heterocycles. The van der Waals surface area contributed by atoms with Gasteiger partial charge in [0.15, 0.2) is 0 Å². The van der Waals surface area contributed by atoms with Gasteiger partial charge in [0.1, 0.15) is 5.82 Å². The van der Waals surface area contributed by atoms with Crippen LogP contribution in [0.2, 0.25) is 0 Å². The van der Waals surface area contributed by atoms with Gasteiger partial charge in [0, 0.05) is 17.8 Å². The normalized spacial score (nSPS) is 10.5. The van der Waals surface area contributed by atoms with Gasteiger partial charge in [-0.15, -0.1) is 0 Å². The molecule has 0 atom stereocenters. The number of anilines is 1. The fourth-order valence-electron chi connectivity index (χ4n) is 1.69. The van der Waals surface area contributed by atoms with Crippen LogP contribution < -0.4 is 5.32 Å². The molecule has 0 saturated carbocycles. The molecule has 0 aliphatic rings. The molecule has 0 unspecified atom stereocenters. The van der Waals surface area contributed by atoms with E-state index in [1.54, 1.807) is 19.1 Å². The Morgan fingerprint density at radius 3 is 2.95 bits per heavy atom. The third-order valence-electron chi connectivity index (χ3n) is 2.68. The van der Waals surface area contributed by atoms with Crippen LogP contribution in [-0.4, -0.2) is 11.1 Å². The van der Waals surface area contributed by atoms with Crippen molar-refractivity contribution in [3.63, 3.8) is 0 Å². The summed E-state index contributed by atoms with van der Waals surface area (Å²) in [6.45, 7) is 2.06. The third-order valence-corrected chi connectivity index (χ3v) is 3.29. The number of halogens is 2. The van der Waals surface area contributed by atoms with Gasteiger partial charge in [-0.3, -0.25) is 0 Å². The molecule has 1 aromatic carbocycles. The number of aromatic carboxylic acids is 1. The summed E-state index contributed by atoms with van der Waals surface area (Å²) < 4.78 is 18.5. The standard InChI is InChI=1S/C13H11BrFNO3/c1-7-4-10(15)9(14)5-11(7)16-6-8-2-3-19-12(8)13(17)18/h2-5,16H,6H2,1H3,(H,17,18). The molecule has 2 N–H and O–H groups in total. The second kappa shape index (κ2) is 5.44. The first-order valence-electron chi connectivity index (χ1n) is 5.48. The average Bonchev–Trinajstić information content (AvgIpc) is 2.80. The molecule has 19 heavy (non-hydrogen) atoms. The van der Waals surface area contributed by atoms with Crippen LogP contribution >= 0.6 is 15.9 Å². The summed E-state index contributed by atoms with van der Waals surface area (Å²) in [6, 6.07) is 4.61. The van der Waals surface area contributed by atoms with Crippen molar-refractivity contribution in [3.8, 4) is 0 Å². The number of hydrogen-bond acceptors (Lipinski definition) is 3. The van der Waals surface area contributed by atoms with E-state index in [1.165, 1.54) is 12.3 Å². The molecular weight excluding hydrogens is 317 g/mol. The summed E-state index contributed by atoms with van der Waals surface area (Å²) in [7, 11) is 0. The van der Waals surface area contributed by atoms with Gasteiger partial charge in [-0.2, -0.15) is 0 Å². The quantitative estimate of drug-likeness (QED) is 0.896. The zero-order chi connectivity index (χ0) is 14.0.